The zero-order valence-corrected chi connectivity index (χ0v) is 14.3. The molecule has 1 unspecified atom stereocenters. The average molecular weight is 348 g/mol. The number of benzene rings is 2. The zero-order chi connectivity index (χ0) is 16.2. The quantitative estimate of drug-likeness (QED) is 0.816. The highest BCUT2D eigenvalue weighted by Crippen LogP contribution is 2.30. The highest BCUT2D eigenvalue weighted by atomic mass is 35.5. The topological polar surface area (TPSA) is 29.1 Å². The van der Waals surface area contributed by atoms with Gasteiger partial charge in [-0.2, -0.15) is 0 Å². The van der Waals surface area contributed by atoms with Gasteiger partial charge < -0.3 is 5.32 Å². The molecule has 0 saturated carbocycles. The summed E-state index contributed by atoms with van der Waals surface area (Å²) in [5, 5.41) is 4.40. The van der Waals surface area contributed by atoms with Crippen molar-refractivity contribution in [2.75, 3.05) is 0 Å². The van der Waals surface area contributed by atoms with Gasteiger partial charge in [-0.05, 0) is 54.5 Å². The van der Waals surface area contributed by atoms with Gasteiger partial charge in [-0.15, -0.1) is 0 Å². The van der Waals surface area contributed by atoms with E-state index in [1.165, 1.54) is 11.1 Å². The van der Waals surface area contributed by atoms with Gasteiger partial charge in [-0.25, -0.2) is 0 Å². The third-order valence-corrected chi connectivity index (χ3v) is 5.08. The van der Waals surface area contributed by atoms with Gasteiger partial charge in [0, 0.05) is 16.5 Å². The first-order chi connectivity index (χ1) is 11.1. The van der Waals surface area contributed by atoms with E-state index in [2.05, 4.69) is 23.5 Å². The van der Waals surface area contributed by atoms with E-state index in [1.807, 2.05) is 12.1 Å². The first-order valence-electron chi connectivity index (χ1n) is 7.95. The van der Waals surface area contributed by atoms with Crippen LogP contribution >= 0.6 is 23.2 Å². The maximum Gasteiger partial charge on any atom is 0.220 e. The number of halogens is 2. The summed E-state index contributed by atoms with van der Waals surface area (Å²) in [5.41, 5.74) is 3.44. The third-order valence-electron chi connectivity index (χ3n) is 4.37. The molecular formula is C19H19Cl2NO. The number of fused-ring (bicyclic) bond motifs is 1. The molecule has 23 heavy (non-hydrogen) atoms. The van der Waals surface area contributed by atoms with E-state index in [-0.39, 0.29) is 11.9 Å². The van der Waals surface area contributed by atoms with E-state index in [0.717, 1.165) is 24.8 Å². The standard InChI is InChI=1S/C19H19Cl2NO/c20-16-8-4-9-17(21)15(16)11-12-19(23)22-18-10-3-6-13-5-1-2-7-14(13)18/h1-2,4-5,7-9,18H,3,6,10-12H2,(H,22,23). The molecule has 0 aromatic heterocycles. The van der Waals surface area contributed by atoms with Gasteiger partial charge in [0.05, 0.1) is 6.04 Å². The van der Waals surface area contributed by atoms with Crippen molar-refractivity contribution in [1.82, 2.24) is 5.32 Å². The molecule has 2 aromatic rings. The van der Waals surface area contributed by atoms with Gasteiger partial charge in [0.25, 0.3) is 0 Å². The predicted octanol–water partition coefficient (Wildman–Crippen LogP) is 5.12. The smallest absolute Gasteiger partial charge is 0.220 e. The predicted molar refractivity (Wildman–Crippen MR) is 95.0 cm³/mol. The largest absolute Gasteiger partial charge is 0.349 e. The molecular weight excluding hydrogens is 329 g/mol. The number of nitrogens with one attached hydrogen (secondary N) is 1. The van der Waals surface area contributed by atoms with Crippen molar-refractivity contribution in [3.05, 3.63) is 69.2 Å². The Morgan fingerprint density at radius 2 is 1.83 bits per heavy atom. The second-order valence-electron chi connectivity index (χ2n) is 5.91. The van der Waals surface area contributed by atoms with Crippen molar-refractivity contribution in [1.29, 1.82) is 0 Å². The molecule has 4 heteroatoms. The van der Waals surface area contributed by atoms with E-state index in [4.69, 9.17) is 23.2 Å². The summed E-state index contributed by atoms with van der Waals surface area (Å²) in [6.45, 7) is 0. The normalized spacial score (nSPS) is 16.7. The van der Waals surface area contributed by atoms with Gasteiger partial charge in [-0.1, -0.05) is 53.5 Å². The lowest BCUT2D eigenvalue weighted by Gasteiger charge is -2.26. The Morgan fingerprint density at radius 3 is 2.61 bits per heavy atom. The Morgan fingerprint density at radius 1 is 1.09 bits per heavy atom. The monoisotopic (exact) mass is 347 g/mol. The molecule has 0 fully saturated rings. The van der Waals surface area contributed by atoms with Crippen LogP contribution < -0.4 is 5.32 Å². The molecule has 1 atom stereocenters. The molecule has 3 rings (SSSR count). The Kier molecular flexibility index (Phi) is 5.24. The molecule has 0 heterocycles. The summed E-state index contributed by atoms with van der Waals surface area (Å²) in [7, 11) is 0. The lowest BCUT2D eigenvalue weighted by Crippen LogP contribution is -2.31. The highest BCUT2D eigenvalue weighted by Gasteiger charge is 2.21. The Balaban J connectivity index is 1.63. The molecule has 2 nitrogen and oxygen atoms in total. The molecule has 0 saturated heterocycles. The van der Waals surface area contributed by atoms with Crippen molar-refractivity contribution >= 4 is 29.1 Å². The van der Waals surface area contributed by atoms with Gasteiger partial charge >= 0.3 is 0 Å². The van der Waals surface area contributed by atoms with Crippen LogP contribution in [0, 0.1) is 0 Å². The van der Waals surface area contributed by atoms with Gasteiger partial charge in [0.2, 0.25) is 5.91 Å². The Hall–Kier alpha value is -1.51. The molecule has 0 spiro atoms. The molecule has 1 N–H and O–H groups in total. The number of amides is 1. The second-order valence-corrected chi connectivity index (χ2v) is 6.73. The van der Waals surface area contributed by atoms with Crippen LogP contribution in [0.4, 0.5) is 0 Å². The molecule has 2 aromatic carbocycles. The third kappa shape index (κ3) is 3.88. The maximum atomic E-state index is 12.3. The lowest BCUT2D eigenvalue weighted by molar-refractivity contribution is -0.121. The van der Waals surface area contributed by atoms with Crippen molar-refractivity contribution in [3.8, 4) is 0 Å². The minimum Gasteiger partial charge on any atom is -0.349 e. The highest BCUT2D eigenvalue weighted by molar-refractivity contribution is 6.36. The van der Waals surface area contributed by atoms with Crippen LogP contribution in [0.1, 0.15) is 42.0 Å². The van der Waals surface area contributed by atoms with Gasteiger partial charge in [-0.3, -0.25) is 4.79 Å². The van der Waals surface area contributed by atoms with Crippen LogP contribution in [0.5, 0.6) is 0 Å². The molecule has 1 amide bonds. The van der Waals surface area contributed by atoms with E-state index in [0.29, 0.717) is 22.9 Å². The fraction of sp³-hybridized carbons (Fsp3) is 0.316. The minimum absolute atomic E-state index is 0.0442. The Labute approximate surface area is 146 Å². The summed E-state index contributed by atoms with van der Waals surface area (Å²) in [4.78, 5) is 12.3. The summed E-state index contributed by atoms with van der Waals surface area (Å²) in [6.07, 6.45) is 4.15. The maximum absolute atomic E-state index is 12.3. The average Bonchev–Trinajstić information content (AvgIpc) is 2.55. The van der Waals surface area contributed by atoms with Crippen molar-refractivity contribution in [2.45, 2.75) is 38.1 Å². The first-order valence-corrected chi connectivity index (χ1v) is 8.71. The Bertz CT molecular complexity index is 694. The summed E-state index contributed by atoms with van der Waals surface area (Å²) >= 11 is 12.3. The summed E-state index contributed by atoms with van der Waals surface area (Å²) in [6, 6.07) is 13.9. The molecule has 0 bridgehead atoms. The number of hydrogen-bond acceptors (Lipinski definition) is 1. The minimum atomic E-state index is 0.0442. The molecule has 1 aliphatic rings. The van der Waals surface area contributed by atoms with E-state index < -0.39 is 0 Å². The van der Waals surface area contributed by atoms with Crippen LogP contribution in [-0.4, -0.2) is 5.91 Å². The second kappa shape index (κ2) is 7.37. The van der Waals surface area contributed by atoms with Crippen molar-refractivity contribution in [3.63, 3.8) is 0 Å². The fourth-order valence-electron chi connectivity index (χ4n) is 3.18. The van der Waals surface area contributed by atoms with Crippen LogP contribution in [-0.2, 0) is 17.6 Å². The summed E-state index contributed by atoms with van der Waals surface area (Å²) < 4.78 is 0. The lowest BCUT2D eigenvalue weighted by atomic mass is 9.87. The van der Waals surface area contributed by atoms with E-state index in [9.17, 15) is 4.79 Å². The SMILES string of the molecule is O=C(CCc1c(Cl)cccc1Cl)NC1CCCc2ccccc21. The summed E-state index contributed by atoms with van der Waals surface area (Å²) in [5.74, 6) is 0.0442. The number of rotatable bonds is 4. The molecule has 0 radical (unpaired) electrons. The number of aryl methyl sites for hydroxylation is 1. The van der Waals surface area contributed by atoms with Crippen LogP contribution in [0.3, 0.4) is 0 Å². The number of hydrogen-bond donors (Lipinski definition) is 1. The first kappa shape index (κ1) is 16.4. The number of carbonyl (C=O) groups excluding carboxylic acids is 1. The number of carbonyl (C=O) groups is 1. The van der Waals surface area contributed by atoms with Gasteiger partial charge in [0.15, 0.2) is 0 Å². The fourth-order valence-corrected chi connectivity index (χ4v) is 3.77. The van der Waals surface area contributed by atoms with Gasteiger partial charge in [0.1, 0.15) is 0 Å². The van der Waals surface area contributed by atoms with E-state index >= 15 is 0 Å². The van der Waals surface area contributed by atoms with Crippen LogP contribution in [0.2, 0.25) is 10.0 Å². The van der Waals surface area contributed by atoms with E-state index in [1.54, 1.807) is 12.1 Å². The molecule has 120 valence electrons. The van der Waals surface area contributed by atoms with Crippen molar-refractivity contribution < 1.29 is 4.79 Å². The van der Waals surface area contributed by atoms with Crippen molar-refractivity contribution in [2.24, 2.45) is 0 Å². The van der Waals surface area contributed by atoms with Crippen LogP contribution in [0.15, 0.2) is 42.5 Å². The molecule has 0 aliphatic heterocycles. The van der Waals surface area contributed by atoms with Crippen LogP contribution in [0.25, 0.3) is 0 Å². The zero-order valence-electron chi connectivity index (χ0n) is 12.8. The molecule has 1 aliphatic carbocycles.